The van der Waals surface area contributed by atoms with Gasteiger partial charge in [-0.2, -0.15) is 0 Å². The van der Waals surface area contributed by atoms with Gasteiger partial charge in [-0.25, -0.2) is 0 Å². The number of nitrogens with two attached hydrogens (primary N) is 1. The Bertz CT molecular complexity index is 818. The summed E-state index contributed by atoms with van der Waals surface area (Å²) in [5, 5.41) is 2.37. The smallest absolute Gasteiger partial charge is 0.128 e. The standard InChI is InChI=1S/C24H32N2O3/c1-3-28-23-13-21-12-18(2)29-24(21)14-22(23)16-25-15-19-6-4-5-7-20(19)17-26-8-10-27-11-9-26/h4-7,13-14,18,25H,3,8-12,15-17H2,1-2H3/p+2/t18-/m1/s1. The van der Waals surface area contributed by atoms with Crippen LogP contribution in [0.4, 0.5) is 0 Å². The Hall–Kier alpha value is -2.08. The third-order valence-corrected chi connectivity index (χ3v) is 5.87. The van der Waals surface area contributed by atoms with Gasteiger partial charge in [0, 0.05) is 23.1 Å². The second-order valence-corrected chi connectivity index (χ2v) is 8.14. The van der Waals surface area contributed by atoms with Crippen LogP contribution >= 0.6 is 0 Å². The maximum Gasteiger partial charge on any atom is 0.128 e. The Morgan fingerprint density at radius 3 is 2.62 bits per heavy atom. The highest BCUT2D eigenvalue weighted by Crippen LogP contribution is 2.34. The number of rotatable bonds is 8. The molecule has 2 aromatic carbocycles. The molecule has 2 aliphatic rings. The lowest BCUT2D eigenvalue weighted by Crippen LogP contribution is -3.12. The van der Waals surface area contributed by atoms with Crippen LogP contribution in [-0.2, 0) is 30.8 Å². The third kappa shape index (κ3) is 5.10. The van der Waals surface area contributed by atoms with E-state index < -0.39 is 0 Å². The normalized spacial score (nSPS) is 19.0. The number of hydrogen-bond donors (Lipinski definition) is 2. The molecule has 1 atom stereocenters. The summed E-state index contributed by atoms with van der Waals surface area (Å²) in [6.45, 7) is 11.8. The van der Waals surface area contributed by atoms with Crippen LogP contribution in [0.5, 0.6) is 11.5 Å². The summed E-state index contributed by atoms with van der Waals surface area (Å²) in [4.78, 5) is 1.62. The van der Waals surface area contributed by atoms with Gasteiger partial charge in [-0.1, -0.05) is 24.3 Å². The van der Waals surface area contributed by atoms with Gasteiger partial charge in [0.15, 0.2) is 0 Å². The SMILES string of the molecule is CCOc1cc2c(cc1C[NH2+]Cc1ccccc1C[NH+]1CCOCC1)O[C@H](C)C2. The number of quaternary nitrogens is 2. The van der Waals surface area contributed by atoms with E-state index in [1.807, 2.05) is 6.92 Å². The van der Waals surface area contributed by atoms with E-state index in [2.05, 4.69) is 48.6 Å². The highest BCUT2D eigenvalue weighted by molar-refractivity contribution is 5.48. The van der Waals surface area contributed by atoms with E-state index in [1.165, 1.54) is 22.3 Å². The van der Waals surface area contributed by atoms with Crippen molar-refractivity contribution >= 4 is 0 Å². The molecule has 0 spiro atoms. The molecule has 1 fully saturated rings. The average Bonchev–Trinajstić information content (AvgIpc) is 3.09. The van der Waals surface area contributed by atoms with Crippen LogP contribution in [0.25, 0.3) is 0 Å². The highest BCUT2D eigenvalue weighted by Gasteiger charge is 2.22. The van der Waals surface area contributed by atoms with Crippen LogP contribution in [0.3, 0.4) is 0 Å². The maximum atomic E-state index is 5.97. The lowest BCUT2D eigenvalue weighted by atomic mass is 10.1. The molecular formula is C24H34N2O3+2. The molecule has 3 N–H and O–H groups in total. The van der Waals surface area contributed by atoms with Crippen molar-refractivity contribution in [1.29, 1.82) is 0 Å². The number of nitrogens with one attached hydrogen (secondary N) is 1. The van der Waals surface area contributed by atoms with Crippen molar-refractivity contribution in [3.8, 4) is 11.5 Å². The highest BCUT2D eigenvalue weighted by atomic mass is 16.5. The fourth-order valence-electron chi connectivity index (χ4n) is 4.35. The van der Waals surface area contributed by atoms with Gasteiger partial charge in [-0.05, 0) is 26.0 Å². The summed E-state index contributed by atoms with van der Waals surface area (Å²) in [7, 11) is 0. The lowest BCUT2D eigenvalue weighted by molar-refractivity contribution is -0.921. The molecule has 2 heterocycles. The molecule has 0 unspecified atom stereocenters. The second-order valence-electron chi connectivity index (χ2n) is 8.14. The van der Waals surface area contributed by atoms with Gasteiger partial charge in [-0.15, -0.1) is 0 Å². The minimum absolute atomic E-state index is 0.258. The minimum atomic E-state index is 0.258. The molecule has 2 aliphatic heterocycles. The summed E-state index contributed by atoms with van der Waals surface area (Å²) in [5.74, 6) is 2.03. The van der Waals surface area contributed by atoms with Gasteiger partial charge in [0.05, 0.1) is 25.4 Å². The first kappa shape index (κ1) is 20.2. The largest absolute Gasteiger partial charge is 0.493 e. The van der Waals surface area contributed by atoms with Crippen LogP contribution < -0.4 is 19.7 Å². The van der Waals surface area contributed by atoms with E-state index in [1.54, 1.807) is 4.90 Å². The van der Waals surface area contributed by atoms with Gasteiger partial charge < -0.3 is 24.4 Å². The Balaban J connectivity index is 1.41. The van der Waals surface area contributed by atoms with Crippen LogP contribution in [-0.4, -0.2) is 39.0 Å². The molecule has 0 aromatic heterocycles. The van der Waals surface area contributed by atoms with Crippen molar-refractivity contribution in [2.75, 3.05) is 32.9 Å². The van der Waals surface area contributed by atoms with E-state index >= 15 is 0 Å². The molecule has 29 heavy (non-hydrogen) atoms. The van der Waals surface area contributed by atoms with E-state index in [0.717, 1.165) is 63.9 Å². The summed E-state index contributed by atoms with van der Waals surface area (Å²) < 4.78 is 17.4. The molecule has 0 amide bonds. The molecular weight excluding hydrogens is 364 g/mol. The van der Waals surface area contributed by atoms with E-state index in [0.29, 0.717) is 6.61 Å². The number of morpholine rings is 1. The second kappa shape index (κ2) is 9.61. The molecule has 4 rings (SSSR count). The van der Waals surface area contributed by atoms with Gasteiger partial charge >= 0.3 is 0 Å². The van der Waals surface area contributed by atoms with Crippen LogP contribution in [0.15, 0.2) is 36.4 Å². The molecule has 0 aliphatic carbocycles. The number of fused-ring (bicyclic) bond motifs is 1. The molecule has 156 valence electrons. The summed E-state index contributed by atoms with van der Waals surface area (Å²) in [6, 6.07) is 13.2. The first-order chi connectivity index (χ1) is 14.2. The third-order valence-electron chi connectivity index (χ3n) is 5.87. The summed E-state index contributed by atoms with van der Waals surface area (Å²) in [5.41, 5.74) is 5.37. The molecule has 0 bridgehead atoms. The van der Waals surface area contributed by atoms with Crippen molar-refractivity contribution in [1.82, 2.24) is 0 Å². The topological polar surface area (TPSA) is 48.7 Å². The molecule has 1 saturated heterocycles. The monoisotopic (exact) mass is 398 g/mol. The van der Waals surface area contributed by atoms with Crippen molar-refractivity contribution in [3.05, 3.63) is 58.7 Å². The van der Waals surface area contributed by atoms with Crippen molar-refractivity contribution < 1.29 is 24.4 Å². The van der Waals surface area contributed by atoms with Crippen LogP contribution in [0, 0.1) is 0 Å². The predicted molar refractivity (Wildman–Crippen MR) is 112 cm³/mol. The molecule has 5 heteroatoms. The van der Waals surface area contributed by atoms with E-state index in [-0.39, 0.29) is 6.10 Å². The predicted octanol–water partition coefficient (Wildman–Crippen LogP) is 1.09. The minimum Gasteiger partial charge on any atom is -0.493 e. The van der Waals surface area contributed by atoms with Crippen molar-refractivity contribution in [2.45, 2.75) is 46.0 Å². The molecule has 0 saturated carbocycles. The van der Waals surface area contributed by atoms with E-state index in [4.69, 9.17) is 14.2 Å². The summed E-state index contributed by atoms with van der Waals surface area (Å²) in [6.07, 6.45) is 1.23. The number of benzene rings is 2. The lowest BCUT2D eigenvalue weighted by Gasteiger charge is -2.24. The van der Waals surface area contributed by atoms with Gasteiger partial charge in [0.1, 0.15) is 50.3 Å². The molecule has 0 radical (unpaired) electrons. The maximum absolute atomic E-state index is 5.97. The van der Waals surface area contributed by atoms with Crippen molar-refractivity contribution in [2.24, 2.45) is 0 Å². The van der Waals surface area contributed by atoms with Gasteiger partial charge in [-0.3, -0.25) is 0 Å². The van der Waals surface area contributed by atoms with Crippen LogP contribution in [0.2, 0.25) is 0 Å². The van der Waals surface area contributed by atoms with Gasteiger partial charge in [0.25, 0.3) is 0 Å². The number of hydrogen-bond acceptors (Lipinski definition) is 3. The molecule has 2 aromatic rings. The quantitative estimate of drug-likeness (QED) is 0.700. The Kier molecular flexibility index (Phi) is 6.70. The zero-order valence-corrected chi connectivity index (χ0v) is 17.7. The fraction of sp³-hybridized carbons (Fsp3) is 0.500. The van der Waals surface area contributed by atoms with Crippen molar-refractivity contribution in [3.63, 3.8) is 0 Å². The first-order valence-electron chi connectivity index (χ1n) is 11.0. The van der Waals surface area contributed by atoms with Gasteiger partial charge in [0.2, 0.25) is 0 Å². The first-order valence-corrected chi connectivity index (χ1v) is 11.0. The summed E-state index contributed by atoms with van der Waals surface area (Å²) >= 11 is 0. The average molecular weight is 399 g/mol. The Morgan fingerprint density at radius 2 is 1.83 bits per heavy atom. The van der Waals surface area contributed by atoms with E-state index in [9.17, 15) is 0 Å². The Labute approximate surface area is 174 Å². The molecule has 5 nitrogen and oxygen atoms in total. The number of ether oxygens (including phenoxy) is 3. The fourth-order valence-corrected chi connectivity index (χ4v) is 4.35. The zero-order valence-electron chi connectivity index (χ0n) is 17.7. The van der Waals surface area contributed by atoms with Crippen LogP contribution in [0.1, 0.15) is 36.1 Å². The zero-order chi connectivity index (χ0) is 20.1. The Morgan fingerprint density at radius 1 is 1.07 bits per heavy atom.